The van der Waals surface area contributed by atoms with Gasteiger partial charge >= 0.3 is 15.6 Å². The number of aromatic nitrogens is 3. The Labute approximate surface area is 223 Å². The molecule has 1 aliphatic heterocycles. The fourth-order valence-corrected chi connectivity index (χ4v) is 3.97. The van der Waals surface area contributed by atoms with Gasteiger partial charge in [0.2, 0.25) is 0 Å². The minimum absolute atomic E-state index is 0.161. The zero-order chi connectivity index (χ0) is 29.0. The van der Waals surface area contributed by atoms with Crippen molar-refractivity contribution in [3.05, 3.63) is 42.4 Å². The van der Waals surface area contributed by atoms with E-state index in [0.29, 0.717) is 17.6 Å². The predicted octanol–water partition coefficient (Wildman–Crippen LogP) is 3.21. The number of alkyl halides is 3. The first-order chi connectivity index (χ1) is 18.1. The van der Waals surface area contributed by atoms with Crippen molar-refractivity contribution in [3.63, 3.8) is 0 Å². The number of halogens is 3. The first kappa shape index (κ1) is 29.7. The van der Waals surface area contributed by atoms with Crippen molar-refractivity contribution in [1.29, 1.82) is 5.26 Å². The normalized spacial score (nSPS) is 14.8. The first-order valence-corrected chi connectivity index (χ1v) is 13.0. The predicted molar refractivity (Wildman–Crippen MR) is 135 cm³/mol. The summed E-state index contributed by atoms with van der Waals surface area (Å²) in [6, 6.07) is 6.55. The monoisotopic (exact) mass is 568 g/mol. The molecular formula is C24H27F3N6O5S. The second-order valence-electron chi connectivity index (χ2n) is 9.56. The van der Waals surface area contributed by atoms with Gasteiger partial charge in [-0.2, -0.15) is 31.9 Å². The van der Waals surface area contributed by atoms with Crippen LogP contribution in [-0.2, 0) is 19.6 Å². The van der Waals surface area contributed by atoms with Crippen LogP contribution in [0.25, 0.3) is 16.6 Å². The highest BCUT2D eigenvalue weighted by Crippen LogP contribution is 2.33. The second-order valence-corrected chi connectivity index (χ2v) is 11.1. The Morgan fingerprint density at radius 2 is 1.77 bits per heavy atom. The molecule has 15 heteroatoms. The lowest BCUT2D eigenvalue weighted by molar-refractivity contribution is -0.138. The van der Waals surface area contributed by atoms with Gasteiger partial charge < -0.3 is 18.7 Å². The quantitative estimate of drug-likeness (QED) is 0.257. The smallest absolute Gasteiger partial charge is 0.462 e. The Morgan fingerprint density at radius 1 is 1.10 bits per heavy atom. The average Bonchev–Trinajstić information content (AvgIpc) is 3.26. The molecule has 1 fully saturated rings. The summed E-state index contributed by atoms with van der Waals surface area (Å²) >= 11 is 0. The summed E-state index contributed by atoms with van der Waals surface area (Å²) in [7, 11) is -3.84. The molecule has 4 rings (SSSR count). The number of piperazine rings is 1. The van der Waals surface area contributed by atoms with E-state index in [4.69, 9.17) is 0 Å². The standard InChI is InChI=1S/C19H17F3N6O3S.C5H10O2/c1-26-4-6-27(7-5-26)17-3-2-13(10-24-17)16-8-15(31-32(29,30)19(20,21)22)12-28-18(16)14(9-23)11-25-28;1-5(2,3)7-4-6/h2-3,8,10-12H,4-7H2,1H3;4H,1-3H3. The third-order valence-corrected chi connectivity index (χ3v) is 6.46. The summed E-state index contributed by atoms with van der Waals surface area (Å²) < 4.78 is 71.1. The molecule has 39 heavy (non-hydrogen) atoms. The topological polar surface area (TPSA) is 130 Å². The number of anilines is 1. The van der Waals surface area contributed by atoms with E-state index in [1.165, 1.54) is 12.4 Å². The minimum Gasteiger partial charge on any atom is -0.462 e. The van der Waals surface area contributed by atoms with E-state index < -0.39 is 21.4 Å². The van der Waals surface area contributed by atoms with Gasteiger partial charge in [-0.25, -0.2) is 9.50 Å². The maximum absolute atomic E-state index is 12.8. The van der Waals surface area contributed by atoms with E-state index in [1.54, 1.807) is 12.1 Å². The van der Waals surface area contributed by atoms with Gasteiger partial charge in [-0.05, 0) is 46.0 Å². The number of rotatable bonds is 5. The fraction of sp³-hybridized carbons (Fsp3) is 0.417. The number of carbonyl (C=O) groups excluding carboxylic acids is 1. The second kappa shape index (κ2) is 11.5. The van der Waals surface area contributed by atoms with Crippen molar-refractivity contribution < 1.29 is 35.3 Å². The molecule has 0 radical (unpaired) electrons. The van der Waals surface area contributed by atoms with Crippen LogP contribution in [0.15, 0.2) is 36.8 Å². The highest BCUT2D eigenvalue weighted by Gasteiger charge is 2.48. The summed E-state index contributed by atoms with van der Waals surface area (Å²) in [5.41, 5.74) is -4.74. The molecule has 4 heterocycles. The van der Waals surface area contributed by atoms with Crippen LogP contribution >= 0.6 is 0 Å². The van der Waals surface area contributed by atoms with E-state index in [0.717, 1.165) is 48.8 Å². The van der Waals surface area contributed by atoms with Crippen molar-refractivity contribution in [2.24, 2.45) is 0 Å². The van der Waals surface area contributed by atoms with E-state index in [-0.39, 0.29) is 16.7 Å². The number of hydrogen-bond donors (Lipinski definition) is 0. The lowest BCUT2D eigenvalue weighted by Crippen LogP contribution is -2.44. The van der Waals surface area contributed by atoms with Crippen LogP contribution in [0.1, 0.15) is 26.3 Å². The maximum atomic E-state index is 12.8. The third-order valence-electron chi connectivity index (χ3n) is 5.48. The zero-order valence-corrected chi connectivity index (χ0v) is 22.5. The molecule has 1 aliphatic rings. The molecule has 0 aromatic carbocycles. The van der Waals surface area contributed by atoms with Crippen molar-refractivity contribution in [2.75, 3.05) is 38.1 Å². The van der Waals surface area contributed by atoms with E-state index in [1.807, 2.05) is 33.9 Å². The molecule has 0 aliphatic carbocycles. The Morgan fingerprint density at radius 3 is 2.26 bits per heavy atom. The third kappa shape index (κ3) is 7.36. The van der Waals surface area contributed by atoms with Gasteiger partial charge in [0.1, 0.15) is 17.5 Å². The minimum atomic E-state index is -5.88. The Balaban J connectivity index is 0.000000532. The summed E-state index contributed by atoms with van der Waals surface area (Å²) in [5.74, 6) is 0.138. The number of fused-ring (bicyclic) bond motifs is 1. The number of ether oxygens (including phenoxy) is 1. The molecule has 210 valence electrons. The van der Waals surface area contributed by atoms with Crippen LogP contribution in [0.2, 0.25) is 0 Å². The number of nitrogens with zero attached hydrogens (tertiary/aromatic N) is 6. The van der Waals surface area contributed by atoms with Crippen LogP contribution < -0.4 is 9.08 Å². The maximum Gasteiger partial charge on any atom is 0.534 e. The van der Waals surface area contributed by atoms with E-state index >= 15 is 0 Å². The lowest BCUT2D eigenvalue weighted by Gasteiger charge is -2.33. The average molecular weight is 569 g/mol. The van der Waals surface area contributed by atoms with E-state index in [2.05, 4.69) is 28.8 Å². The number of hydrogen-bond acceptors (Lipinski definition) is 10. The molecule has 3 aromatic rings. The van der Waals surface area contributed by atoms with Gasteiger partial charge in [0.15, 0.2) is 5.75 Å². The fourth-order valence-electron chi connectivity index (χ4n) is 3.53. The van der Waals surface area contributed by atoms with Crippen LogP contribution in [0.5, 0.6) is 5.75 Å². The highest BCUT2D eigenvalue weighted by molar-refractivity contribution is 7.88. The molecule has 0 spiro atoms. The lowest BCUT2D eigenvalue weighted by atomic mass is 10.1. The molecule has 0 saturated carbocycles. The summed E-state index contributed by atoms with van der Waals surface area (Å²) in [4.78, 5) is 18.4. The van der Waals surface area contributed by atoms with Crippen LogP contribution in [0, 0.1) is 11.3 Å². The number of nitriles is 1. The van der Waals surface area contributed by atoms with Crippen LogP contribution in [-0.4, -0.2) is 78.7 Å². The molecule has 11 nitrogen and oxygen atoms in total. The summed E-state index contributed by atoms with van der Waals surface area (Å²) in [6.45, 7) is 9.29. The molecule has 0 N–H and O–H groups in total. The van der Waals surface area contributed by atoms with Gasteiger partial charge in [0.05, 0.1) is 23.5 Å². The zero-order valence-electron chi connectivity index (χ0n) is 21.6. The summed E-state index contributed by atoms with van der Waals surface area (Å²) in [6.07, 6.45) is 3.71. The van der Waals surface area contributed by atoms with Crippen molar-refractivity contribution in [2.45, 2.75) is 31.9 Å². The Bertz CT molecular complexity index is 1450. The molecule has 0 bridgehead atoms. The van der Waals surface area contributed by atoms with Gasteiger partial charge in [-0.15, -0.1) is 0 Å². The highest BCUT2D eigenvalue weighted by atomic mass is 32.2. The summed E-state index contributed by atoms with van der Waals surface area (Å²) in [5, 5.41) is 13.3. The molecule has 3 aromatic heterocycles. The molecule has 0 amide bonds. The van der Waals surface area contributed by atoms with Crippen molar-refractivity contribution in [1.82, 2.24) is 19.5 Å². The largest absolute Gasteiger partial charge is 0.534 e. The molecule has 0 atom stereocenters. The molecule has 1 saturated heterocycles. The first-order valence-electron chi connectivity index (χ1n) is 11.6. The Kier molecular flexibility index (Phi) is 8.71. The number of carbonyl (C=O) groups is 1. The van der Waals surface area contributed by atoms with E-state index in [9.17, 15) is 31.6 Å². The van der Waals surface area contributed by atoms with Crippen molar-refractivity contribution >= 4 is 27.9 Å². The van der Waals surface area contributed by atoms with Crippen molar-refractivity contribution in [3.8, 4) is 22.9 Å². The Hall–Kier alpha value is -3.90. The molecule has 0 unspecified atom stereocenters. The SMILES string of the molecule is CC(C)(C)OC=O.CN1CCN(c2ccc(-c3cc(OS(=O)(=O)C(F)(F)F)cn4ncc(C#N)c34)cn2)CC1. The number of likely N-dealkylation sites (N-methyl/N-ethyl adjacent to an activating group) is 1. The molecular weight excluding hydrogens is 541 g/mol. The van der Waals surface area contributed by atoms with Crippen LogP contribution in [0.3, 0.4) is 0 Å². The van der Waals surface area contributed by atoms with Gasteiger partial charge in [0.25, 0.3) is 6.47 Å². The van der Waals surface area contributed by atoms with Gasteiger partial charge in [0, 0.05) is 43.5 Å². The van der Waals surface area contributed by atoms with Crippen LogP contribution in [0.4, 0.5) is 19.0 Å². The van der Waals surface area contributed by atoms with Gasteiger partial charge in [-0.1, -0.05) is 0 Å². The number of pyridine rings is 2. The van der Waals surface area contributed by atoms with Gasteiger partial charge in [-0.3, -0.25) is 4.79 Å².